The zero-order valence-corrected chi connectivity index (χ0v) is 15.3. The predicted octanol–water partition coefficient (Wildman–Crippen LogP) is 3.20. The molecule has 0 saturated heterocycles. The highest BCUT2D eigenvalue weighted by Crippen LogP contribution is 2.37. The van der Waals surface area contributed by atoms with E-state index in [4.69, 9.17) is 14.2 Å². The molecule has 0 amide bonds. The zero-order chi connectivity index (χ0) is 17.8. The Hall–Kier alpha value is -2.80. The molecule has 7 heteroatoms. The topological polar surface area (TPSA) is 57.3 Å². The summed E-state index contributed by atoms with van der Waals surface area (Å²) >= 11 is 1.59. The summed E-state index contributed by atoms with van der Waals surface area (Å²) in [6.45, 7) is 0. The van der Waals surface area contributed by atoms with Crippen molar-refractivity contribution in [3.63, 3.8) is 0 Å². The molecule has 1 aromatic heterocycles. The lowest BCUT2D eigenvalue weighted by molar-refractivity contribution is 0.324. The van der Waals surface area contributed by atoms with Crippen LogP contribution in [0.4, 0.5) is 0 Å². The van der Waals surface area contributed by atoms with Gasteiger partial charge in [0.1, 0.15) is 0 Å². The predicted molar refractivity (Wildman–Crippen MR) is 100 cm³/mol. The highest BCUT2D eigenvalue weighted by Gasteiger charge is 2.12. The number of nitrogens with zero attached hydrogens (tertiary/aromatic N) is 3. The van der Waals surface area contributed by atoms with E-state index in [-0.39, 0.29) is 0 Å². The van der Waals surface area contributed by atoms with Crippen LogP contribution in [-0.2, 0) is 7.05 Å². The third kappa shape index (κ3) is 3.36. The quantitative estimate of drug-likeness (QED) is 0.520. The van der Waals surface area contributed by atoms with Gasteiger partial charge >= 0.3 is 0 Å². The van der Waals surface area contributed by atoms with Crippen LogP contribution < -0.4 is 19.0 Å². The van der Waals surface area contributed by atoms with Crippen molar-refractivity contribution in [2.24, 2.45) is 17.3 Å². The van der Waals surface area contributed by atoms with Crippen LogP contribution in [0.25, 0.3) is 10.2 Å². The van der Waals surface area contributed by atoms with Gasteiger partial charge in [-0.2, -0.15) is 5.10 Å². The molecule has 0 aliphatic rings. The number of hydrogen-bond donors (Lipinski definition) is 0. The van der Waals surface area contributed by atoms with Gasteiger partial charge in [-0.1, -0.05) is 23.5 Å². The zero-order valence-electron chi connectivity index (χ0n) is 14.5. The fourth-order valence-corrected chi connectivity index (χ4v) is 3.47. The number of aryl methyl sites for hydroxylation is 1. The summed E-state index contributed by atoms with van der Waals surface area (Å²) in [6.07, 6.45) is 1.66. The Morgan fingerprint density at radius 2 is 1.68 bits per heavy atom. The molecule has 0 unspecified atom stereocenters. The second-order valence-electron chi connectivity index (χ2n) is 5.21. The van der Waals surface area contributed by atoms with Crippen LogP contribution in [0.1, 0.15) is 5.56 Å². The number of rotatable bonds is 5. The molecule has 25 heavy (non-hydrogen) atoms. The first kappa shape index (κ1) is 17.0. The van der Waals surface area contributed by atoms with E-state index in [0.29, 0.717) is 17.2 Å². The highest BCUT2D eigenvalue weighted by molar-refractivity contribution is 7.16. The van der Waals surface area contributed by atoms with Gasteiger partial charge in [0.2, 0.25) is 10.6 Å². The second kappa shape index (κ2) is 7.40. The Morgan fingerprint density at radius 3 is 2.28 bits per heavy atom. The van der Waals surface area contributed by atoms with Crippen molar-refractivity contribution in [3.8, 4) is 17.2 Å². The van der Waals surface area contributed by atoms with Gasteiger partial charge in [0.15, 0.2) is 11.5 Å². The molecule has 3 rings (SSSR count). The molecule has 0 spiro atoms. The number of benzene rings is 2. The van der Waals surface area contributed by atoms with Crippen LogP contribution in [0.2, 0.25) is 0 Å². The Balaban J connectivity index is 1.97. The molecule has 0 aliphatic carbocycles. The Bertz CT molecular complexity index is 964. The van der Waals surface area contributed by atoms with Crippen molar-refractivity contribution in [3.05, 3.63) is 46.8 Å². The summed E-state index contributed by atoms with van der Waals surface area (Å²) in [7, 11) is 6.72. The van der Waals surface area contributed by atoms with E-state index >= 15 is 0 Å². The summed E-state index contributed by atoms with van der Waals surface area (Å²) in [5.41, 5.74) is 1.94. The second-order valence-corrected chi connectivity index (χ2v) is 6.22. The van der Waals surface area contributed by atoms with E-state index in [1.165, 1.54) is 4.70 Å². The molecule has 0 fully saturated rings. The number of hydrogen-bond acceptors (Lipinski definition) is 6. The average molecular weight is 357 g/mol. The van der Waals surface area contributed by atoms with E-state index in [1.807, 2.05) is 35.9 Å². The van der Waals surface area contributed by atoms with Gasteiger partial charge in [0.05, 0.1) is 37.8 Å². The van der Waals surface area contributed by atoms with Gasteiger partial charge in [0, 0.05) is 12.6 Å². The van der Waals surface area contributed by atoms with E-state index in [9.17, 15) is 0 Å². The minimum absolute atomic E-state index is 0.551. The molecule has 0 saturated carbocycles. The molecule has 0 radical (unpaired) electrons. The molecule has 130 valence electrons. The molecule has 0 aliphatic heterocycles. The average Bonchev–Trinajstić information content (AvgIpc) is 2.97. The third-order valence-corrected chi connectivity index (χ3v) is 4.86. The highest BCUT2D eigenvalue weighted by atomic mass is 32.1. The van der Waals surface area contributed by atoms with Crippen LogP contribution in [0.3, 0.4) is 0 Å². The maximum atomic E-state index is 5.34. The minimum Gasteiger partial charge on any atom is -0.493 e. The molecule has 2 aromatic carbocycles. The minimum atomic E-state index is 0.551. The maximum Gasteiger partial charge on any atom is 0.211 e. The smallest absolute Gasteiger partial charge is 0.211 e. The summed E-state index contributed by atoms with van der Waals surface area (Å²) < 4.78 is 19.2. The molecule has 0 N–H and O–H groups in total. The normalized spacial score (nSPS) is 12.1. The number of thiazole rings is 1. The molecular weight excluding hydrogens is 338 g/mol. The van der Waals surface area contributed by atoms with Crippen molar-refractivity contribution in [1.82, 2.24) is 4.57 Å². The number of para-hydroxylation sites is 1. The lowest BCUT2D eigenvalue weighted by Gasteiger charge is -2.12. The van der Waals surface area contributed by atoms with Gasteiger partial charge in [-0.3, -0.25) is 0 Å². The summed E-state index contributed by atoms with van der Waals surface area (Å²) in [6, 6.07) is 11.8. The molecule has 0 bridgehead atoms. The Kier molecular flexibility index (Phi) is 5.04. The molecular formula is C18H19N3O3S. The first-order valence-electron chi connectivity index (χ1n) is 7.59. The Labute approximate surface area is 149 Å². The molecule has 3 aromatic rings. The lowest BCUT2D eigenvalue weighted by Crippen LogP contribution is -2.08. The lowest BCUT2D eigenvalue weighted by atomic mass is 10.2. The maximum absolute atomic E-state index is 5.34. The van der Waals surface area contributed by atoms with Crippen LogP contribution in [0, 0.1) is 0 Å². The number of aromatic nitrogens is 1. The standard InChI is InChI=1S/C18H19N3O3S/c1-21-13-7-5-6-8-16(13)25-18(21)20-19-11-12-9-14(22-2)17(24-4)15(10-12)23-3/h5-11H,1-4H3/b19-11+,20-18+. The van der Waals surface area contributed by atoms with Crippen molar-refractivity contribution >= 4 is 27.8 Å². The summed E-state index contributed by atoms with van der Waals surface area (Å²) in [5, 5.41) is 8.54. The summed E-state index contributed by atoms with van der Waals surface area (Å²) in [5.74, 6) is 1.71. The number of fused-ring (bicyclic) bond motifs is 1. The van der Waals surface area contributed by atoms with Gasteiger partial charge in [-0.15, -0.1) is 5.10 Å². The van der Waals surface area contributed by atoms with Gasteiger partial charge < -0.3 is 18.8 Å². The fraction of sp³-hybridized carbons (Fsp3) is 0.222. The molecule has 6 nitrogen and oxygen atoms in total. The van der Waals surface area contributed by atoms with E-state index in [2.05, 4.69) is 22.3 Å². The van der Waals surface area contributed by atoms with E-state index < -0.39 is 0 Å². The molecule has 1 heterocycles. The van der Waals surface area contributed by atoms with Gasteiger partial charge in [-0.25, -0.2) is 0 Å². The van der Waals surface area contributed by atoms with Crippen LogP contribution >= 0.6 is 11.3 Å². The first-order chi connectivity index (χ1) is 12.2. The summed E-state index contributed by atoms with van der Waals surface area (Å²) in [4.78, 5) is 0.824. The fourth-order valence-electron chi connectivity index (χ4n) is 2.50. The largest absolute Gasteiger partial charge is 0.493 e. The first-order valence-corrected chi connectivity index (χ1v) is 8.41. The van der Waals surface area contributed by atoms with Crippen molar-refractivity contribution in [2.45, 2.75) is 0 Å². The van der Waals surface area contributed by atoms with Gasteiger partial charge in [0.25, 0.3) is 0 Å². The van der Waals surface area contributed by atoms with Crippen LogP contribution in [0.15, 0.2) is 46.6 Å². The van der Waals surface area contributed by atoms with E-state index in [1.54, 1.807) is 38.9 Å². The van der Waals surface area contributed by atoms with Crippen LogP contribution in [-0.4, -0.2) is 32.1 Å². The Morgan fingerprint density at radius 1 is 1.00 bits per heavy atom. The third-order valence-electron chi connectivity index (χ3n) is 3.75. The monoisotopic (exact) mass is 357 g/mol. The molecule has 0 atom stereocenters. The number of ether oxygens (including phenoxy) is 3. The van der Waals surface area contributed by atoms with Crippen molar-refractivity contribution in [2.75, 3.05) is 21.3 Å². The van der Waals surface area contributed by atoms with Crippen molar-refractivity contribution in [1.29, 1.82) is 0 Å². The number of methoxy groups -OCH3 is 3. The van der Waals surface area contributed by atoms with Gasteiger partial charge in [-0.05, 0) is 24.3 Å². The SMILES string of the molecule is COc1cc(/C=N/N=c2/sc3ccccc3n2C)cc(OC)c1OC. The van der Waals surface area contributed by atoms with Crippen molar-refractivity contribution < 1.29 is 14.2 Å². The van der Waals surface area contributed by atoms with E-state index in [0.717, 1.165) is 15.9 Å². The van der Waals surface area contributed by atoms with Crippen LogP contribution in [0.5, 0.6) is 17.2 Å².